The number of methoxy groups -OCH3 is 1. The van der Waals surface area contributed by atoms with Crippen molar-refractivity contribution < 1.29 is 9.47 Å². The predicted molar refractivity (Wildman–Crippen MR) is 64.8 cm³/mol. The van der Waals surface area contributed by atoms with Gasteiger partial charge in [0, 0.05) is 6.07 Å². The van der Waals surface area contributed by atoms with E-state index in [9.17, 15) is 0 Å². The highest BCUT2D eigenvalue weighted by atomic mass is 16.5. The van der Waals surface area contributed by atoms with Gasteiger partial charge in [-0.2, -0.15) is 4.98 Å². The summed E-state index contributed by atoms with van der Waals surface area (Å²) in [5.41, 5.74) is 6.18. The van der Waals surface area contributed by atoms with Crippen molar-refractivity contribution in [1.29, 1.82) is 0 Å². The van der Waals surface area contributed by atoms with Gasteiger partial charge in [-0.15, -0.1) is 0 Å². The molecule has 1 aromatic rings. The number of nitrogens with two attached hydrogens (primary N) is 1. The number of hydrogen-bond acceptors (Lipinski definition) is 4. The van der Waals surface area contributed by atoms with Crippen LogP contribution in [-0.2, 0) is 0 Å². The van der Waals surface area contributed by atoms with Crippen molar-refractivity contribution in [2.75, 3.05) is 19.5 Å². The number of aromatic nitrogens is 1. The van der Waals surface area contributed by atoms with Gasteiger partial charge in [0.1, 0.15) is 0 Å². The molecule has 0 aliphatic carbocycles. The molecule has 16 heavy (non-hydrogen) atoms. The molecule has 0 unspecified atom stereocenters. The minimum Gasteiger partial charge on any atom is -0.479 e. The Balaban J connectivity index is 2.36. The highest BCUT2D eigenvalue weighted by molar-refractivity contribution is 5.49. The van der Waals surface area contributed by atoms with Crippen LogP contribution >= 0.6 is 0 Å². The summed E-state index contributed by atoms with van der Waals surface area (Å²) in [6, 6.07) is 3.50. The number of nitrogen functional groups attached to an aromatic ring is 1. The van der Waals surface area contributed by atoms with Gasteiger partial charge in [0.2, 0.25) is 11.8 Å². The van der Waals surface area contributed by atoms with Crippen LogP contribution in [-0.4, -0.2) is 18.7 Å². The first-order valence-electron chi connectivity index (χ1n) is 5.71. The zero-order chi connectivity index (χ0) is 11.8. The summed E-state index contributed by atoms with van der Waals surface area (Å²) in [6.07, 6.45) is 4.74. The lowest BCUT2D eigenvalue weighted by Crippen LogP contribution is -2.01. The van der Waals surface area contributed by atoms with Crippen molar-refractivity contribution in [1.82, 2.24) is 4.98 Å². The van der Waals surface area contributed by atoms with Gasteiger partial charge in [-0.3, -0.25) is 0 Å². The Labute approximate surface area is 96.8 Å². The molecular formula is C12H20N2O2. The number of hydrogen-bond donors (Lipinski definition) is 1. The number of rotatable bonds is 7. The Morgan fingerprint density at radius 3 is 2.75 bits per heavy atom. The molecule has 90 valence electrons. The van der Waals surface area contributed by atoms with Gasteiger partial charge in [-0.1, -0.05) is 26.2 Å². The minimum absolute atomic E-state index is 0.422. The van der Waals surface area contributed by atoms with Crippen LogP contribution in [0.4, 0.5) is 5.69 Å². The van der Waals surface area contributed by atoms with E-state index in [2.05, 4.69) is 11.9 Å². The highest BCUT2D eigenvalue weighted by Gasteiger charge is 2.03. The average Bonchev–Trinajstić information content (AvgIpc) is 2.31. The zero-order valence-electron chi connectivity index (χ0n) is 10.0. The summed E-state index contributed by atoms with van der Waals surface area (Å²) in [5, 5.41) is 0. The first-order chi connectivity index (χ1) is 7.77. The molecule has 0 amide bonds. The molecule has 4 nitrogen and oxygen atoms in total. The number of anilines is 1. The summed E-state index contributed by atoms with van der Waals surface area (Å²) in [6.45, 7) is 2.88. The predicted octanol–water partition coefficient (Wildman–Crippen LogP) is 2.63. The zero-order valence-corrected chi connectivity index (χ0v) is 10.0. The van der Waals surface area contributed by atoms with Gasteiger partial charge >= 0.3 is 0 Å². The standard InChI is InChI=1S/C12H20N2O2/c1-3-4-5-6-9-16-11-8-7-10(13)12(14-11)15-2/h7-8H,3-6,9,13H2,1-2H3. The van der Waals surface area contributed by atoms with Crippen LogP contribution in [0.25, 0.3) is 0 Å². The van der Waals surface area contributed by atoms with Crippen molar-refractivity contribution in [3.8, 4) is 11.8 Å². The lowest BCUT2D eigenvalue weighted by molar-refractivity contribution is 0.288. The first kappa shape index (κ1) is 12.6. The van der Waals surface area contributed by atoms with Gasteiger partial charge in [0.05, 0.1) is 19.4 Å². The molecule has 1 heterocycles. The number of unbranched alkanes of at least 4 members (excludes halogenated alkanes) is 3. The lowest BCUT2D eigenvalue weighted by Gasteiger charge is -2.07. The van der Waals surface area contributed by atoms with Crippen molar-refractivity contribution in [2.24, 2.45) is 0 Å². The van der Waals surface area contributed by atoms with Gasteiger partial charge in [-0.05, 0) is 12.5 Å². The van der Waals surface area contributed by atoms with Crippen LogP contribution in [0.2, 0.25) is 0 Å². The molecule has 0 atom stereocenters. The van der Waals surface area contributed by atoms with Gasteiger partial charge in [0.25, 0.3) is 0 Å². The molecule has 0 aliphatic heterocycles. The monoisotopic (exact) mass is 224 g/mol. The molecule has 4 heteroatoms. The van der Waals surface area contributed by atoms with Crippen LogP contribution in [0, 0.1) is 0 Å². The van der Waals surface area contributed by atoms with E-state index < -0.39 is 0 Å². The molecular weight excluding hydrogens is 204 g/mol. The van der Waals surface area contributed by atoms with Crippen LogP contribution in [0.1, 0.15) is 32.6 Å². The topological polar surface area (TPSA) is 57.4 Å². The second-order valence-electron chi connectivity index (χ2n) is 3.66. The molecule has 1 rings (SSSR count). The molecule has 0 saturated heterocycles. The van der Waals surface area contributed by atoms with E-state index in [1.54, 1.807) is 19.2 Å². The quantitative estimate of drug-likeness (QED) is 0.723. The summed E-state index contributed by atoms with van der Waals surface area (Å²) in [7, 11) is 1.55. The van der Waals surface area contributed by atoms with Gasteiger partial charge < -0.3 is 15.2 Å². The fourth-order valence-corrected chi connectivity index (χ4v) is 1.38. The third-order valence-electron chi connectivity index (χ3n) is 2.31. The van der Waals surface area contributed by atoms with E-state index in [0.29, 0.717) is 24.1 Å². The van der Waals surface area contributed by atoms with E-state index >= 15 is 0 Å². The third kappa shape index (κ3) is 3.96. The Morgan fingerprint density at radius 1 is 1.25 bits per heavy atom. The van der Waals surface area contributed by atoms with Crippen LogP contribution in [0.15, 0.2) is 12.1 Å². The molecule has 1 aromatic heterocycles. The Hall–Kier alpha value is -1.45. The third-order valence-corrected chi connectivity index (χ3v) is 2.31. The molecule has 0 aromatic carbocycles. The van der Waals surface area contributed by atoms with Gasteiger partial charge in [0.15, 0.2) is 0 Å². The summed E-state index contributed by atoms with van der Waals surface area (Å²) >= 11 is 0. The van der Waals surface area contributed by atoms with E-state index in [1.807, 2.05) is 0 Å². The largest absolute Gasteiger partial charge is 0.479 e. The second-order valence-corrected chi connectivity index (χ2v) is 3.66. The number of ether oxygens (including phenoxy) is 2. The van der Waals surface area contributed by atoms with Crippen molar-refractivity contribution >= 4 is 5.69 Å². The Morgan fingerprint density at radius 2 is 2.06 bits per heavy atom. The van der Waals surface area contributed by atoms with E-state index in [0.717, 1.165) is 6.42 Å². The highest BCUT2D eigenvalue weighted by Crippen LogP contribution is 2.21. The number of nitrogens with zero attached hydrogens (tertiary/aromatic N) is 1. The van der Waals surface area contributed by atoms with E-state index in [4.69, 9.17) is 15.2 Å². The Bertz CT molecular complexity index is 316. The molecule has 2 N–H and O–H groups in total. The smallest absolute Gasteiger partial charge is 0.240 e. The second kappa shape index (κ2) is 6.93. The van der Waals surface area contributed by atoms with Crippen molar-refractivity contribution in [3.05, 3.63) is 12.1 Å². The maximum atomic E-state index is 5.65. The van der Waals surface area contributed by atoms with Crippen molar-refractivity contribution in [2.45, 2.75) is 32.6 Å². The van der Waals surface area contributed by atoms with Crippen LogP contribution in [0.3, 0.4) is 0 Å². The maximum Gasteiger partial charge on any atom is 0.240 e. The fraction of sp³-hybridized carbons (Fsp3) is 0.583. The van der Waals surface area contributed by atoms with E-state index in [1.165, 1.54) is 19.3 Å². The summed E-state index contributed by atoms with van der Waals surface area (Å²) in [4.78, 5) is 4.14. The van der Waals surface area contributed by atoms with Crippen LogP contribution < -0.4 is 15.2 Å². The average molecular weight is 224 g/mol. The molecule has 0 spiro atoms. The summed E-state index contributed by atoms with van der Waals surface area (Å²) < 4.78 is 10.5. The number of pyridine rings is 1. The van der Waals surface area contributed by atoms with E-state index in [-0.39, 0.29) is 0 Å². The molecule has 0 bridgehead atoms. The van der Waals surface area contributed by atoms with Gasteiger partial charge in [-0.25, -0.2) is 0 Å². The molecule has 0 saturated carbocycles. The normalized spacial score (nSPS) is 10.1. The molecule has 0 fully saturated rings. The minimum atomic E-state index is 0.422. The lowest BCUT2D eigenvalue weighted by atomic mass is 10.2. The maximum absolute atomic E-state index is 5.65. The SMILES string of the molecule is CCCCCCOc1ccc(N)c(OC)n1. The van der Waals surface area contributed by atoms with Crippen molar-refractivity contribution in [3.63, 3.8) is 0 Å². The summed E-state index contributed by atoms with van der Waals surface area (Å²) in [5.74, 6) is 0.994. The first-order valence-corrected chi connectivity index (χ1v) is 5.71. The fourth-order valence-electron chi connectivity index (χ4n) is 1.38. The van der Waals surface area contributed by atoms with Crippen LogP contribution in [0.5, 0.6) is 11.8 Å². The molecule has 0 radical (unpaired) electrons. The molecule has 0 aliphatic rings. The Kier molecular flexibility index (Phi) is 5.46.